The number of rotatable bonds is 5. The van der Waals surface area contributed by atoms with E-state index in [1.54, 1.807) is 12.1 Å². The van der Waals surface area contributed by atoms with Crippen LogP contribution in [0.2, 0.25) is 5.02 Å². The molecule has 8 heteroatoms. The summed E-state index contributed by atoms with van der Waals surface area (Å²) in [5, 5.41) is 9.86. The van der Waals surface area contributed by atoms with E-state index < -0.39 is 0 Å². The third-order valence-corrected chi connectivity index (χ3v) is 5.62. The average molecular weight is 413 g/mol. The van der Waals surface area contributed by atoms with Crippen molar-refractivity contribution < 1.29 is 9.59 Å². The van der Waals surface area contributed by atoms with Crippen LogP contribution >= 0.6 is 23.4 Å². The third kappa shape index (κ3) is 3.81. The Morgan fingerprint density at radius 2 is 1.82 bits per heavy atom. The number of hydrogen-bond acceptors (Lipinski definition) is 5. The number of imide groups is 1. The molecule has 0 aliphatic carbocycles. The minimum atomic E-state index is -0.195. The lowest BCUT2D eigenvalue weighted by molar-refractivity contribution is -0.140. The molecule has 0 spiro atoms. The molecule has 4 rings (SSSR count). The summed E-state index contributed by atoms with van der Waals surface area (Å²) in [5.41, 5.74) is 1.76. The van der Waals surface area contributed by atoms with Crippen molar-refractivity contribution >= 4 is 35.2 Å². The highest BCUT2D eigenvalue weighted by molar-refractivity contribution is 7.99. The van der Waals surface area contributed by atoms with Crippen molar-refractivity contribution in [2.75, 3.05) is 12.3 Å². The number of carbonyl (C=O) groups is 2. The van der Waals surface area contributed by atoms with E-state index in [1.807, 2.05) is 47.0 Å². The zero-order valence-electron chi connectivity index (χ0n) is 14.9. The summed E-state index contributed by atoms with van der Waals surface area (Å²) in [5.74, 6) is 0.510. The van der Waals surface area contributed by atoms with Gasteiger partial charge in [-0.2, -0.15) is 0 Å². The number of likely N-dealkylation sites (tertiary alicyclic amines) is 1. The Kier molecular flexibility index (Phi) is 5.45. The quantitative estimate of drug-likeness (QED) is 0.596. The number of nitrogens with zero attached hydrogens (tertiary/aromatic N) is 4. The Labute approximate surface area is 171 Å². The van der Waals surface area contributed by atoms with Gasteiger partial charge in [0.1, 0.15) is 0 Å². The molecule has 1 saturated heterocycles. The Morgan fingerprint density at radius 1 is 1.07 bits per heavy atom. The van der Waals surface area contributed by atoms with E-state index in [1.165, 1.54) is 16.7 Å². The fraction of sp³-hybridized carbons (Fsp3) is 0.200. The molecule has 1 aliphatic rings. The van der Waals surface area contributed by atoms with Gasteiger partial charge in [0, 0.05) is 29.2 Å². The van der Waals surface area contributed by atoms with Crippen molar-refractivity contribution in [1.82, 2.24) is 19.7 Å². The topological polar surface area (TPSA) is 68.1 Å². The van der Waals surface area contributed by atoms with E-state index in [4.69, 9.17) is 11.6 Å². The zero-order chi connectivity index (χ0) is 19.5. The molecule has 0 saturated carbocycles. The number of carbonyl (C=O) groups excluding carboxylic acids is 2. The van der Waals surface area contributed by atoms with Crippen LogP contribution in [0, 0.1) is 0 Å². The van der Waals surface area contributed by atoms with Gasteiger partial charge in [0.25, 0.3) is 0 Å². The molecule has 1 fully saturated rings. The van der Waals surface area contributed by atoms with Gasteiger partial charge in [0.05, 0.1) is 5.75 Å². The van der Waals surface area contributed by atoms with Gasteiger partial charge >= 0.3 is 0 Å². The molecule has 2 heterocycles. The lowest BCUT2D eigenvalue weighted by Crippen LogP contribution is -2.33. The number of halogens is 1. The van der Waals surface area contributed by atoms with Gasteiger partial charge in [-0.05, 0) is 30.7 Å². The first-order valence-electron chi connectivity index (χ1n) is 8.86. The summed E-state index contributed by atoms with van der Waals surface area (Å²) in [7, 11) is 0. The van der Waals surface area contributed by atoms with Crippen LogP contribution in [-0.2, 0) is 9.59 Å². The first-order chi connectivity index (χ1) is 13.6. The normalized spacial score (nSPS) is 13.9. The van der Waals surface area contributed by atoms with Gasteiger partial charge in [-0.25, -0.2) is 0 Å². The van der Waals surface area contributed by atoms with Gasteiger partial charge in [-0.1, -0.05) is 53.7 Å². The summed E-state index contributed by atoms with van der Waals surface area (Å²) in [4.78, 5) is 25.5. The molecule has 6 nitrogen and oxygen atoms in total. The highest BCUT2D eigenvalue weighted by atomic mass is 35.5. The van der Waals surface area contributed by atoms with Gasteiger partial charge in [-0.15, -0.1) is 10.2 Å². The first-order valence-corrected chi connectivity index (χ1v) is 10.2. The van der Waals surface area contributed by atoms with Crippen molar-refractivity contribution in [3.63, 3.8) is 0 Å². The van der Waals surface area contributed by atoms with Crippen LogP contribution < -0.4 is 0 Å². The van der Waals surface area contributed by atoms with Crippen molar-refractivity contribution in [2.24, 2.45) is 0 Å². The molecule has 0 bridgehead atoms. The summed E-state index contributed by atoms with van der Waals surface area (Å²) >= 11 is 7.30. The second-order valence-electron chi connectivity index (χ2n) is 6.32. The lowest BCUT2D eigenvalue weighted by atomic mass is 10.2. The molecule has 3 aromatic rings. The number of amides is 2. The molecule has 0 N–H and O–H groups in total. The fourth-order valence-corrected chi connectivity index (χ4v) is 4.03. The maximum atomic E-state index is 12.4. The summed E-state index contributed by atoms with van der Waals surface area (Å²) < 4.78 is 1.90. The maximum Gasteiger partial charge on any atom is 0.239 e. The summed E-state index contributed by atoms with van der Waals surface area (Å²) in [6, 6.07) is 17.1. The number of aromatic nitrogens is 3. The molecule has 0 radical (unpaired) electrons. The second-order valence-corrected chi connectivity index (χ2v) is 7.69. The number of thioether (sulfide) groups is 1. The Bertz CT molecular complexity index is 1000. The molecule has 0 unspecified atom stereocenters. The van der Waals surface area contributed by atoms with Gasteiger partial charge < -0.3 is 0 Å². The van der Waals surface area contributed by atoms with E-state index >= 15 is 0 Å². The zero-order valence-corrected chi connectivity index (χ0v) is 16.5. The van der Waals surface area contributed by atoms with Crippen LogP contribution in [0.15, 0.2) is 59.8 Å². The van der Waals surface area contributed by atoms with E-state index in [-0.39, 0.29) is 17.6 Å². The first kappa shape index (κ1) is 18.7. The molecule has 1 aliphatic heterocycles. The fourth-order valence-electron chi connectivity index (χ4n) is 3.08. The van der Waals surface area contributed by atoms with Gasteiger partial charge in [0.15, 0.2) is 11.0 Å². The molecule has 28 heavy (non-hydrogen) atoms. The Morgan fingerprint density at radius 3 is 2.50 bits per heavy atom. The molecule has 2 amide bonds. The highest BCUT2D eigenvalue weighted by Crippen LogP contribution is 2.29. The predicted molar refractivity (Wildman–Crippen MR) is 108 cm³/mol. The lowest BCUT2D eigenvalue weighted by Gasteiger charge is -2.14. The largest absolute Gasteiger partial charge is 0.282 e. The van der Waals surface area contributed by atoms with Crippen molar-refractivity contribution in [3.8, 4) is 17.1 Å². The third-order valence-electron chi connectivity index (χ3n) is 4.45. The Hall–Kier alpha value is -2.64. The molecule has 2 aromatic carbocycles. The molecular weight excluding hydrogens is 396 g/mol. The van der Waals surface area contributed by atoms with Crippen molar-refractivity contribution in [1.29, 1.82) is 0 Å². The van der Waals surface area contributed by atoms with Gasteiger partial charge in [-0.3, -0.25) is 19.1 Å². The number of hydrogen-bond donors (Lipinski definition) is 0. The minimum Gasteiger partial charge on any atom is -0.282 e. The van der Waals surface area contributed by atoms with Gasteiger partial charge in [0.2, 0.25) is 11.8 Å². The standard InChI is InChI=1S/C20H17ClN4O2S/c21-15-8-10-16(11-9-15)25-19(14-5-2-1-3-6-14)22-23-20(25)28-13-18(27)24-12-4-7-17(24)26/h1-3,5-6,8-11H,4,7,12-13H2. The molecular formula is C20H17ClN4O2S. The monoisotopic (exact) mass is 412 g/mol. The van der Waals surface area contributed by atoms with Crippen molar-refractivity contribution in [2.45, 2.75) is 18.0 Å². The molecule has 142 valence electrons. The van der Waals surface area contributed by atoms with E-state index in [0.717, 1.165) is 17.7 Å². The van der Waals surface area contributed by atoms with Crippen LogP contribution in [0.25, 0.3) is 17.1 Å². The van der Waals surface area contributed by atoms with E-state index in [9.17, 15) is 9.59 Å². The van der Waals surface area contributed by atoms with Crippen LogP contribution in [-0.4, -0.2) is 43.8 Å². The van der Waals surface area contributed by atoms with Crippen LogP contribution in [0.3, 0.4) is 0 Å². The SMILES string of the molecule is O=C1CCCN1C(=O)CSc1nnc(-c2ccccc2)n1-c1ccc(Cl)cc1. The van der Waals surface area contributed by atoms with Crippen LogP contribution in [0.4, 0.5) is 0 Å². The maximum absolute atomic E-state index is 12.4. The number of benzene rings is 2. The summed E-state index contributed by atoms with van der Waals surface area (Å²) in [6.45, 7) is 0.497. The second kappa shape index (κ2) is 8.16. The predicted octanol–water partition coefficient (Wildman–Crippen LogP) is 3.83. The van der Waals surface area contributed by atoms with Crippen LogP contribution in [0.5, 0.6) is 0 Å². The minimum absolute atomic E-state index is 0.102. The summed E-state index contributed by atoms with van der Waals surface area (Å²) in [6.07, 6.45) is 1.17. The van der Waals surface area contributed by atoms with Crippen molar-refractivity contribution in [3.05, 3.63) is 59.6 Å². The molecule has 0 atom stereocenters. The van der Waals surface area contributed by atoms with Crippen LogP contribution in [0.1, 0.15) is 12.8 Å². The van der Waals surface area contributed by atoms with E-state index in [2.05, 4.69) is 10.2 Å². The van der Waals surface area contributed by atoms with E-state index in [0.29, 0.717) is 29.0 Å². The Balaban J connectivity index is 1.65. The molecule has 1 aromatic heterocycles. The smallest absolute Gasteiger partial charge is 0.239 e. The highest BCUT2D eigenvalue weighted by Gasteiger charge is 2.27. The average Bonchev–Trinajstić information content (AvgIpc) is 3.34.